The molecule has 21 heavy (non-hydrogen) atoms. The van der Waals surface area contributed by atoms with E-state index in [0.717, 1.165) is 19.3 Å². The monoisotopic (exact) mass is 296 g/mol. The van der Waals surface area contributed by atoms with Crippen molar-refractivity contribution < 1.29 is 24.1 Å². The Hall–Kier alpha value is -1.91. The highest BCUT2D eigenvalue weighted by Crippen LogP contribution is 2.39. The van der Waals surface area contributed by atoms with Crippen LogP contribution in [0.1, 0.15) is 50.4 Å². The van der Waals surface area contributed by atoms with E-state index >= 15 is 0 Å². The van der Waals surface area contributed by atoms with Gasteiger partial charge in [0.15, 0.2) is 11.5 Å². The number of rotatable bonds is 10. The standard InChI is InChI=1S/C16H24O5/c1-4-7-19-13-10-12(16(17)18)11-14(20-8-5-2)15(13)21-9-6-3/h10-11H,4-9H2,1-3H3,(H,17,18). The summed E-state index contributed by atoms with van der Waals surface area (Å²) in [6.07, 6.45) is 2.51. The minimum Gasteiger partial charge on any atom is -0.490 e. The van der Waals surface area contributed by atoms with Crippen LogP contribution in [0.4, 0.5) is 0 Å². The van der Waals surface area contributed by atoms with Crippen LogP contribution in [0.25, 0.3) is 0 Å². The second-order valence-electron chi connectivity index (χ2n) is 4.65. The lowest BCUT2D eigenvalue weighted by atomic mass is 10.2. The lowest BCUT2D eigenvalue weighted by molar-refractivity contribution is 0.0695. The fraction of sp³-hybridized carbons (Fsp3) is 0.562. The molecule has 0 atom stereocenters. The van der Waals surface area contributed by atoms with Gasteiger partial charge in [0.25, 0.3) is 0 Å². The summed E-state index contributed by atoms with van der Waals surface area (Å²) in [5, 5.41) is 9.20. The van der Waals surface area contributed by atoms with E-state index in [1.807, 2.05) is 20.8 Å². The Morgan fingerprint density at radius 3 is 1.71 bits per heavy atom. The largest absolute Gasteiger partial charge is 0.490 e. The van der Waals surface area contributed by atoms with Crippen molar-refractivity contribution in [2.75, 3.05) is 19.8 Å². The Kier molecular flexibility index (Phi) is 7.43. The highest BCUT2D eigenvalue weighted by Gasteiger charge is 2.18. The van der Waals surface area contributed by atoms with Crippen LogP contribution in [0.3, 0.4) is 0 Å². The van der Waals surface area contributed by atoms with Crippen LogP contribution in [-0.2, 0) is 0 Å². The quantitative estimate of drug-likeness (QED) is 0.712. The smallest absolute Gasteiger partial charge is 0.335 e. The summed E-state index contributed by atoms with van der Waals surface area (Å²) in [7, 11) is 0. The highest BCUT2D eigenvalue weighted by atomic mass is 16.5. The summed E-state index contributed by atoms with van der Waals surface area (Å²) in [5.41, 5.74) is 0.135. The van der Waals surface area contributed by atoms with Crippen LogP contribution in [0, 0.1) is 0 Å². The summed E-state index contributed by atoms with van der Waals surface area (Å²) in [6.45, 7) is 7.50. The normalized spacial score (nSPS) is 10.2. The van der Waals surface area contributed by atoms with Gasteiger partial charge >= 0.3 is 5.97 Å². The van der Waals surface area contributed by atoms with Crippen molar-refractivity contribution in [3.8, 4) is 17.2 Å². The van der Waals surface area contributed by atoms with E-state index in [-0.39, 0.29) is 5.56 Å². The molecular weight excluding hydrogens is 272 g/mol. The first kappa shape index (κ1) is 17.1. The number of hydrogen-bond acceptors (Lipinski definition) is 4. The number of carbonyl (C=O) groups is 1. The predicted molar refractivity (Wildman–Crippen MR) is 80.8 cm³/mol. The van der Waals surface area contributed by atoms with Crippen molar-refractivity contribution in [2.24, 2.45) is 0 Å². The van der Waals surface area contributed by atoms with Gasteiger partial charge in [-0.3, -0.25) is 0 Å². The maximum atomic E-state index is 11.2. The minimum atomic E-state index is -1.01. The molecule has 0 spiro atoms. The molecule has 5 nitrogen and oxygen atoms in total. The Bertz CT molecular complexity index is 427. The molecule has 5 heteroatoms. The first-order valence-corrected chi connectivity index (χ1v) is 7.43. The van der Waals surface area contributed by atoms with Gasteiger partial charge in [0.2, 0.25) is 5.75 Å². The number of ether oxygens (including phenoxy) is 3. The first-order chi connectivity index (χ1) is 10.1. The third kappa shape index (κ3) is 5.17. The number of carboxylic acid groups (broad SMARTS) is 1. The average molecular weight is 296 g/mol. The molecule has 0 aliphatic heterocycles. The van der Waals surface area contributed by atoms with Gasteiger partial charge in [0, 0.05) is 0 Å². The Morgan fingerprint density at radius 2 is 1.33 bits per heavy atom. The zero-order valence-electron chi connectivity index (χ0n) is 13.0. The Labute approximate surface area is 125 Å². The zero-order chi connectivity index (χ0) is 15.7. The van der Waals surface area contributed by atoms with Gasteiger partial charge in [0.05, 0.1) is 25.4 Å². The van der Waals surface area contributed by atoms with E-state index in [9.17, 15) is 9.90 Å². The van der Waals surface area contributed by atoms with Crippen molar-refractivity contribution in [2.45, 2.75) is 40.0 Å². The molecule has 0 saturated heterocycles. The van der Waals surface area contributed by atoms with Crippen molar-refractivity contribution in [3.05, 3.63) is 17.7 Å². The number of aromatic carboxylic acids is 1. The van der Waals surface area contributed by atoms with E-state index in [4.69, 9.17) is 14.2 Å². The summed E-state index contributed by atoms with van der Waals surface area (Å²) in [6, 6.07) is 2.98. The lowest BCUT2D eigenvalue weighted by Gasteiger charge is -2.17. The average Bonchev–Trinajstić information content (AvgIpc) is 2.48. The Balaban J connectivity index is 3.18. The van der Waals surface area contributed by atoms with Gasteiger partial charge in [0.1, 0.15) is 0 Å². The van der Waals surface area contributed by atoms with E-state index in [2.05, 4.69) is 0 Å². The summed E-state index contributed by atoms with van der Waals surface area (Å²) >= 11 is 0. The molecule has 0 radical (unpaired) electrons. The van der Waals surface area contributed by atoms with Crippen molar-refractivity contribution in [1.29, 1.82) is 0 Å². The molecule has 0 unspecified atom stereocenters. The molecule has 0 bridgehead atoms. The van der Waals surface area contributed by atoms with E-state index in [0.29, 0.717) is 37.1 Å². The molecule has 0 aliphatic rings. The third-order valence-corrected chi connectivity index (χ3v) is 2.64. The summed E-state index contributed by atoms with van der Waals surface area (Å²) in [4.78, 5) is 11.2. The molecular formula is C16H24O5. The maximum absolute atomic E-state index is 11.2. The number of hydrogen-bond donors (Lipinski definition) is 1. The highest BCUT2D eigenvalue weighted by molar-refractivity contribution is 5.89. The SMILES string of the molecule is CCCOc1cc(C(=O)O)cc(OCCC)c1OCCC. The third-order valence-electron chi connectivity index (χ3n) is 2.64. The molecule has 0 aliphatic carbocycles. The van der Waals surface area contributed by atoms with Crippen LogP contribution < -0.4 is 14.2 Å². The molecule has 0 amide bonds. The molecule has 0 aromatic heterocycles. The van der Waals surface area contributed by atoms with Crippen LogP contribution in [0.2, 0.25) is 0 Å². The maximum Gasteiger partial charge on any atom is 0.335 e. The molecule has 1 aromatic rings. The minimum absolute atomic E-state index is 0.135. The summed E-state index contributed by atoms with van der Waals surface area (Å²) in [5.74, 6) is 0.330. The molecule has 0 heterocycles. The molecule has 1 rings (SSSR count). The van der Waals surface area contributed by atoms with Gasteiger partial charge in [-0.05, 0) is 31.4 Å². The van der Waals surface area contributed by atoms with E-state index in [1.54, 1.807) is 0 Å². The molecule has 0 saturated carbocycles. The van der Waals surface area contributed by atoms with Crippen LogP contribution in [0.15, 0.2) is 12.1 Å². The van der Waals surface area contributed by atoms with Gasteiger partial charge in [-0.1, -0.05) is 20.8 Å². The van der Waals surface area contributed by atoms with Crippen molar-refractivity contribution in [1.82, 2.24) is 0 Å². The van der Waals surface area contributed by atoms with Crippen LogP contribution >= 0.6 is 0 Å². The number of carboxylic acids is 1. The van der Waals surface area contributed by atoms with Gasteiger partial charge in [-0.25, -0.2) is 4.79 Å². The van der Waals surface area contributed by atoms with Crippen LogP contribution in [-0.4, -0.2) is 30.9 Å². The van der Waals surface area contributed by atoms with Crippen molar-refractivity contribution >= 4 is 5.97 Å². The Morgan fingerprint density at radius 1 is 0.905 bits per heavy atom. The first-order valence-electron chi connectivity index (χ1n) is 7.43. The number of benzene rings is 1. The van der Waals surface area contributed by atoms with E-state index < -0.39 is 5.97 Å². The van der Waals surface area contributed by atoms with Crippen molar-refractivity contribution in [3.63, 3.8) is 0 Å². The second-order valence-corrected chi connectivity index (χ2v) is 4.65. The molecule has 1 N–H and O–H groups in total. The van der Waals surface area contributed by atoms with Gasteiger partial charge in [-0.2, -0.15) is 0 Å². The fourth-order valence-electron chi connectivity index (χ4n) is 1.68. The molecule has 118 valence electrons. The molecule has 0 fully saturated rings. The van der Waals surface area contributed by atoms with Gasteiger partial charge < -0.3 is 19.3 Å². The zero-order valence-corrected chi connectivity index (χ0v) is 13.0. The van der Waals surface area contributed by atoms with Crippen LogP contribution in [0.5, 0.6) is 17.2 Å². The predicted octanol–water partition coefficient (Wildman–Crippen LogP) is 3.75. The second kappa shape index (κ2) is 9.10. The van der Waals surface area contributed by atoms with Gasteiger partial charge in [-0.15, -0.1) is 0 Å². The lowest BCUT2D eigenvalue weighted by Crippen LogP contribution is -2.07. The summed E-state index contributed by atoms with van der Waals surface area (Å²) < 4.78 is 17.0. The molecule has 1 aromatic carbocycles. The fourth-order valence-corrected chi connectivity index (χ4v) is 1.68. The topological polar surface area (TPSA) is 65.0 Å². The van der Waals surface area contributed by atoms with E-state index in [1.165, 1.54) is 12.1 Å².